The molecule has 6 heteroatoms. The summed E-state index contributed by atoms with van der Waals surface area (Å²) in [5.41, 5.74) is 0.832. The van der Waals surface area contributed by atoms with Crippen LogP contribution in [0.5, 0.6) is 0 Å². The maximum absolute atomic E-state index is 11.7. The number of methoxy groups -OCH3 is 1. The van der Waals surface area contributed by atoms with Crippen molar-refractivity contribution in [2.45, 2.75) is 44.1 Å². The fourth-order valence-corrected chi connectivity index (χ4v) is 2.39. The molecule has 0 aromatic heterocycles. The van der Waals surface area contributed by atoms with Gasteiger partial charge >= 0.3 is 5.97 Å². The second-order valence-electron chi connectivity index (χ2n) is 4.51. The van der Waals surface area contributed by atoms with Crippen LogP contribution in [0.3, 0.4) is 0 Å². The lowest BCUT2D eigenvalue weighted by atomic mass is 9.74. The third-order valence-electron chi connectivity index (χ3n) is 3.40. The summed E-state index contributed by atoms with van der Waals surface area (Å²) in [5, 5.41) is 10.5. The highest BCUT2D eigenvalue weighted by Crippen LogP contribution is 2.36. The van der Waals surface area contributed by atoms with E-state index in [2.05, 4.69) is 4.74 Å². The van der Waals surface area contributed by atoms with Gasteiger partial charge < -0.3 is 9.84 Å². The zero-order valence-corrected chi connectivity index (χ0v) is 10.1. The fraction of sp³-hybridized carbons (Fsp3) is 0.818. The lowest BCUT2D eigenvalue weighted by Gasteiger charge is -2.37. The van der Waals surface area contributed by atoms with E-state index in [-0.39, 0.29) is 6.42 Å². The standard InChI is InChI=1S/C11H20N2O4/c1-17-10(15)8(7-9(14)13-12)11(16)5-3-2-4-6-11/h8,16H,2-7,12H2,1H3,(H,13,14). The average molecular weight is 244 g/mol. The molecule has 0 aromatic rings. The van der Waals surface area contributed by atoms with Crippen LogP contribution in [0.1, 0.15) is 38.5 Å². The molecule has 0 saturated heterocycles. The van der Waals surface area contributed by atoms with Crippen LogP contribution in [-0.2, 0) is 14.3 Å². The summed E-state index contributed by atoms with van der Waals surface area (Å²) in [4.78, 5) is 22.9. The van der Waals surface area contributed by atoms with E-state index in [1.807, 2.05) is 5.43 Å². The molecule has 1 fully saturated rings. The van der Waals surface area contributed by atoms with Gasteiger partial charge in [-0.2, -0.15) is 0 Å². The number of aliphatic hydroxyl groups is 1. The predicted octanol–water partition coefficient (Wildman–Crippen LogP) is -0.149. The Labute approximate surface area is 100 Å². The van der Waals surface area contributed by atoms with Crippen molar-refractivity contribution in [2.75, 3.05) is 7.11 Å². The highest BCUT2D eigenvalue weighted by atomic mass is 16.5. The minimum Gasteiger partial charge on any atom is -0.469 e. The molecule has 1 aliphatic carbocycles. The quantitative estimate of drug-likeness (QED) is 0.276. The number of nitrogens with two attached hydrogens (primary N) is 1. The Morgan fingerprint density at radius 2 is 2.00 bits per heavy atom. The van der Waals surface area contributed by atoms with Crippen LogP contribution >= 0.6 is 0 Å². The van der Waals surface area contributed by atoms with Gasteiger partial charge in [0.15, 0.2) is 0 Å². The molecule has 1 aliphatic rings. The second-order valence-corrected chi connectivity index (χ2v) is 4.51. The van der Waals surface area contributed by atoms with Crippen molar-refractivity contribution < 1.29 is 19.4 Å². The molecular formula is C11H20N2O4. The van der Waals surface area contributed by atoms with Crippen molar-refractivity contribution in [1.82, 2.24) is 5.43 Å². The molecular weight excluding hydrogens is 224 g/mol. The molecule has 0 aliphatic heterocycles. The van der Waals surface area contributed by atoms with Gasteiger partial charge in [0.2, 0.25) is 5.91 Å². The molecule has 1 rings (SSSR count). The zero-order valence-electron chi connectivity index (χ0n) is 10.1. The molecule has 0 spiro atoms. The highest BCUT2D eigenvalue weighted by molar-refractivity contribution is 5.83. The maximum atomic E-state index is 11.7. The van der Waals surface area contributed by atoms with E-state index in [1.54, 1.807) is 0 Å². The van der Waals surface area contributed by atoms with Gasteiger partial charge in [-0.3, -0.25) is 15.0 Å². The van der Waals surface area contributed by atoms with E-state index in [0.717, 1.165) is 19.3 Å². The van der Waals surface area contributed by atoms with Crippen LogP contribution in [-0.4, -0.2) is 29.7 Å². The number of rotatable bonds is 4. The third-order valence-corrected chi connectivity index (χ3v) is 3.40. The first kappa shape index (κ1) is 13.9. The van der Waals surface area contributed by atoms with Crippen LogP contribution < -0.4 is 11.3 Å². The summed E-state index contributed by atoms with van der Waals surface area (Å²) in [6.07, 6.45) is 3.65. The van der Waals surface area contributed by atoms with E-state index in [9.17, 15) is 14.7 Å². The first-order valence-electron chi connectivity index (χ1n) is 5.83. The number of esters is 1. The number of carbonyl (C=O) groups is 2. The molecule has 1 unspecified atom stereocenters. The van der Waals surface area contributed by atoms with Crippen LogP contribution in [0.25, 0.3) is 0 Å². The van der Waals surface area contributed by atoms with Gasteiger partial charge in [-0.25, -0.2) is 5.84 Å². The van der Waals surface area contributed by atoms with E-state index >= 15 is 0 Å². The smallest absolute Gasteiger partial charge is 0.312 e. The van der Waals surface area contributed by atoms with Gasteiger partial charge in [-0.05, 0) is 12.8 Å². The molecule has 4 N–H and O–H groups in total. The van der Waals surface area contributed by atoms with E-state index in [4.69, 9.17) is 5.84 Å². The number of ether oxygens (including phenoxy) is 1. The molecule has 1 atom stereocenters. The zero-order chi connectivity index (χ0) is 12.9. The van der Waals surface area contributed by atoms with Crippen LogP contribution in [0, 0.1) is 5.92 Å². The summed E-state index contributed by atoms with van der Waals surface area (Å²) in [7, 11) is 1.25. The lowest BCUT2D eigenvalue weighted by Crippen LogP contribution is -2.47. The Balaban J connectivity index is 2.80. The Morgan fingerprint density at radius 1 is 1.41 bits per heavy atom. The van der Waals surface area contributed by atoms with Crippen molar-refractivity contribution in [3.8, 4) is 0 Å². The summed E-state index contributed by atoms with van der Waals surface area (Å²) in [6, 6.07) is 0. The van der Waals surface area contributed by atoms with Crippen LogP contribution in [0.2, 0.25) is 0 Å². The summed E-state index contributed by atoms with van der Waals surface area (Å²) in [6.45, 7) is 0. The van der Waals surface area contributed by atoms with Gasteiger partial charge in [0.1, 0.15) is 0 Å². The SMILES string of the molecule is COC(=O)C(CC(=O)NN)C1(O)CCCCC1. The Kier molecular flexibility index (Phi) is 4.89. The number of amides is 1. The number of hydrogen-bond donors (Lipinski definition) is 3. The van der Waals surface area contributed by atoms with Gasteiger partial charge in [-0.1, -0.05) is 19.3 Å². The highest BCUT2D eigenvalue weighted by Gasteiger charge is 2.43. The van der Waals surface area contributed by atoms with E-state index < -0.39 is 23.4 Å². The number of hydrazine groups is 1. The van der Waals surface area contributed by atoms with Crippen molar-refractivity contribution >= 4 is 11.9 Å². The molecule has 0 bridgehead atoms. The average Bonchev–Trinajstić information content (AvgIpc) is 2.35. The van der Waals surface area contributed by atoms with Crippen molar-refractivity contribution in [1.29, 1.82) is 0 Å². The molecule has 98 valence electrons. The van der Waals surface area contributed by atoms with Crippen molar-refractivity contribution in [3.05, 3.63) is 0 Å². The van der Waals surface area contributed by atoms with Gasteiger partial charge in [-0.15, -0.1) is 0 Å². The third kappa shape index (κ3) is 3.41. The van der Waals surface area contributed by atoms with Crippen LogP contribution in [0.15, 0.2) is 0 Å². The summed E-state index contributed by atoms with van der Waals surface area (Å²) < 4.78 is 4.66. The normalized spacial score (nSPS) is 20.4. The summed E-state index contributed by atoms with van der Waals surface area (Å²) in [5.74, 6) is 3.13. The minimum absolute atomic E-state index is 0.139. The van der Waals surface area contributed by atoms with Crippen LogP contribution in [0.4, 0.5) is 0 Å². The molecule has 1 saturated carbocycles. The monoisotopic (exact) mass is 244 g/mol. The molecule has 0 heterocycles. The minimum atomic E-state index is -1.14. The largest absolute Gasteiger partial charge is 0.469 e. The van der Waals surface area contributed by atoms with Gasteiger partial charge in [0.25, 0.3) is 0 Å². The predicted molar refractivity (Wildman–Crippen MR) is 60.5 cm³/mol. The molecule has 0 radical (unpaired) electrons. The van der Waals surface area contributed by atoms with Crippen molar-refractivity contribution in [3.63, 3.8) is 0 Å². The molecule has 6 nitrogen and oxygen atoms in total. The molecule has 17 heavy (non-hydrogen) atoms. The lowest BCUT2D eigenvalue weighted by molar-refractivity contribution is -0.161. The Bertz CT molecular complexity index is 287. The van der Waals surface area contributed by atoms with E-state index in [0.29, 0.717) is 12.8 Å². The Hall–Kier alpha value is -1.14. The molecule has 0 aromatic carbocycles. The number of hydrogen-bond acceptors (Lipinski definition) is 5. The number of carbonyl (C=O) groups excluding carboxylic acids is 2. The Morgan fingerprint density at radius 3 is 2.47 bits per heavy atom. The fourth-order valence-electron chi connectivity index (χ4n) is 2.39. The molecule has 1 amide bonds. The maximum Gasteiger partial charge on any atom is 0.312 e. The second kappa shape index (κ2) is 5.97. The first-order chi connectivity index (χ1) is 8.03. The van der Waals surface area contributed by atoms with Gasteiger partial charge in [0, 0.05) is 6.42 Å². The topological polar surface area (TPSA) is 102 Å². The summed E-state index contributed by atoms with van der Waals surface area (Å²) >= 11 is 0. The number of nitrogens with one attached hydrogen (secondary N) is 1. The van der Waals surface area contributed by atoms with E-state index in [1.165, 1.54) is 7.11 Å². The first-order valence-corrected chi connectivity index (χ1v) is 5.83. The van der Waals surface area contributed by atoms with Crippen molar-refractivity contribution in [2.24, 2.45) is 11.8 Å². The van der Waals surface area contributed by atoms with Gasteiger partial charge in [0.05, 0.1) is 18.6 Å².